The van der Waals surface area contributed by atoms with Crippen LogP contribution in [0.15, 0.2) is 42.5 Å². The van der Waals surface area contributed by atoms with Crippen LogP contribution >= 0.6 is 22.9 Å². The van der Waals surface area contributed by atoms with E-state index < -0.39 is 0 Å². The van der Waals surface area contributed by atoms with Crippen molar-refractivity contribution in [2.75, 3.05) is 30.4 Å². The van der Waals surface area contributed by atoms with Crippen LogP contribution in [0.2, 0.25) is 5.02 Å². The molecule has 0 unspecified atom stereocenters. The molecule has 1 aliphatic rings. The van der Waals surface area contributed by atoms with Gasteiger partial charge in [0.2, 0.25) is 5.91 Å². The molecular formula is C18H16ClN3O2S. The normalized spacial score (nSPS) is 14.4. The van der Waals surface area contributed by atoms with Crippen molar-refractivity contribution in [1.82, 2.24) is 4.98 Å². The van der Waals surface area contributed by atoms with Gasteiger partial charge in [-0.15, -0.1) is 0 Å². The van der Waals surface area contributed by atoms with Crippen molar-refractivity contribution in [2.24, 2.45) is 5.92 Å². The van der Waals surface area contributed by atoms with E-state index in [0.717, 1.165) is 26.8 Å². The van der Waals surface area contributed by atoms with Gasteiger partial charge in [-0.05, 0) is 30.3 Å². The number of anilines is 2. The monoisotopic (exact) mass is 373 g/mol. The SMILES string of the molecule is COc1ccc2sc(N3CC(C(=O)Nc4cccc(Cl)c4)C3)nc2c1. The quantitative estimate of drug-likeness (QED) is 0.750. The maximum Gasteiger partial charge on any atom is 0.231 e. The van der Waals surface area contributed by atoms with Crippen LogP contribution in [0.3, 0.4) is 0 Å². The number of halogens is 1. The highest BCUT2D eigenvalue weighted by molar-refractivity contribution is 7.22. The fourth-order valence-corrected chi connectivity index (χ4v) is 3.92. The molecule has 0 atom stereocenters. The van der Waals surface area contributed by atoms with Gasteiger partial charge in [0.15, 0.2) is 5.13 Å². The van der Waals surface area contributed by atoms with E-state index in [9.17, 15) is 4.79 Å². The molecule has 2 heterocycles. The number of nitrogens with zero attached hydrogens (tertiary/aromatic N) is 2. The molecule has 1 amide bonds. The summed E-state index contributed by atoms with van der Waals surface area (Å²) < 4.78 is 6.35. The average molecular weight is 374 g/mol. The van der Waals surface area contributed by atoms with Gasteiger partial charge in [-0.2, -0.15) is 0 Å². The first-order chi connectivity index (χ1) is 12.1. The largest absolute Gasteiger partial charge is 0.497 e. The van der Waals surface area contributed by atoms with Crippen molar-refractivity contribution in [1.29, 1.82) is 0 Å². The first kappa shape index (κ1) is 16.2. The van der Waals surface area contributed by atoms with Crippen LogP contribution in [0.1, 0.15) is 0 Å². The Morgan fingerprint density at radius 2 is 2.16 bits per heavy atom. The van der Waals surface area contributed by atoms with Crippen molar-refractivity contribution in [3.8, 4) is 5.75 Å². The van der Waals surface area contributed by atoms with Crippen LogP contribution in [-0.4, -0.2) is 31.1 Å². The van der Waals surface area contributed by atoms with E-state index in [1.54, 1.807) is 30.6 Å². The third-order valence-electron chi connectivity index (χ3n) is 4.20. The molecular weight excluding hydrogens is 358 g/mol. The standard InChI is InChI=1S/C18H16ClN3O2S/c1-24-14-5-6-16-15(8-14)21-18(25-16)22-9-11(10-22)17(23)20-13-4-2-3-12(19)7-13/h2-8,11H,9-10H2,1H3,(H,20,23). The molecule has 1 aliphatic heterocycles. The summed E-state index contributed by atoms with van der Waals surface area (Å²) in [5.74, 6) is 0.772. The molecule has 1 fully saturated rings. The van der Waals surface area contributed by atoms with Gasteiger partial charge < -0.3 is 15.0 Å². The lowest BCUT2D eigenvalue weighted by Gasteiger charge is -2.37. The lowest BCUT2D eigenvalue weighted by Crippen LogP contribution is -2.52. The smallest absolute Gasteiger partial charge is 0.231 e. The third kappa shape index (κ3) is 3.27. The lowest BCUT2D eigenvalue weighted by atomic mass is 10.00. The van der Waals surface area contributed by atoms with E-state index in [1.165, 1.54) is 0 Å². The lowest BCUT2D eigenvalue weighted by molar-refractivity contribution is -0.120. The molecule has 1 saturated heterocycles. The summed E-state index contributed by atoms with van der Waals surface area (Å²) in [5, 5.41) is 4.46. The number of aromatic nitrogens is 1. The van der Waals surface area contributed by atoms with E-state index in [0.29, 0.717) is 18.1 Å². The highest BCUT2D eigenvalue weighted by Gasteiger charge is 2.34. The molecule has 7 heteroatoms. The molecule has 0 bridgehead atoms. The minimum absolute atomic E-state index is 0.0151. The van der Waals surface area contributed by atoms with E-state index >= 15 is 0 Å². The van der Waals surface area contributed by atoms with Crippen LogP contribution < -0.4 is 15.0 Å². The molecule has 0 spiro atoms. The highest BCUT2D eigenvalue weighted by atomic mass is 35.5. The number of methoxy groups -OCH3 is 1. The second kappa shape index (κ2) is 6.54. The van der Waals surface area contributed by atoms with Crippen molar-refractivity contribution < 1.29 is 9.53 Å². The minimum Gasteiger partial charge on any atom is -0.497 e. The molecule has 1 aromatic heterocycles. The maximum atomic E-state index is 12.3. The molecule has 25 heavy (non-hydrogen) atoms. The Morgan fingerprint density at radius 3 is 2.92 bits per heavy atom. The Hall–Kier alpha value is -2.31. The topological polar surface area (TPSA) is 54.5 Å². The van der Waals surface area contributed by atoms with Crippen molar-refractivity contribution in [2.45, 2.75) is 0 Å². The molecule has 3 aromatic rings. The Labute approximate surface area is 154 Å². The van der Waals surface area contributed by atoms with Gasteiger partial charge in [0.1, 0.15) is 5.75 Å². The number of ether oxygens (including phenoxy) is 1. The zero-order chi connectivity index (χ0) is 17.4. The zero-order valence-corrected chi connectivity index (χ0v) is 15.1. The van der Waals surface area contributed by atoms with Gasteiger partial charge in [-0.3, -0.25) is 4.79 Å². The van der Waals surface area contributed by atoms with Gasteiger partial charge in [0, 0.05) is 29.9 Å². The predicted molar refractivity (Wildman–Crippen MR) is 102 cm³/mol. The number of rotatable bonds is 4. The minimum atomic E-state index is -0.0412. The number of hydrogen-bond donors (Lipinski definition) is 1. The molecule has 2 aromatic carbocycles. The predicted octanol–water partition coefficient (Wildman–Crippen LogP) is 4.03. The fraction of sp³-hybridized carbons (Fsp3) is 0.222. The van der Waals surface area contributed by atoms with Crippen molar-refractivity contribution in [3.05, 3.63) is 47.5 Å². The summed E-state index contributed by atoms with van der Waals surface area (Å²) in [6, 6.07) is 13.1. The first-order valence-corrected chi connectivity index (χ1v) is 9.08. The van der Waals surface area contributed by atoms with E-state index in [-0.39, 0.29) is 11.8 Å². The number of amides is 1. The first-order valence-electron chi connectivity index (χ1n) is 7.88. The van der Waals surface area contributed by atoms with Crippen LogP contribution in [0.4, 0.5) is 10.8 Å². The van der Waals surface area contributed by atoms with Gasteiger partial charge >= 0.3 is 0 Å². The van der Waals surface area contributed by atoms with Gasteiger partial charge in [0.05, 0.1) is 23.2 Å². The summed E-state index contributed by atoms with van der Waals surface area (Å²) in [6.07, 6.45) is 0. The van der Waals surface area contributed by atoms with Crippen LogP contribution in [0, 0.1) is 5.92 Å². The fourth-order valence-electron chi connectivity index (χ4n) is 2.77. The van der Waals surface area contributed by atoms with Crippen LogP contribution in [0.5, 0.6) is 5.75 Å². The molecule has 128 valence electrons. The third-order valence-corrected chi connectivity index (χ3v) is 5.53. The van der Waals surface area contributed by atoms with Gasteiger partial charge in [0.25, 0.3) is 0 Å². The molecule has 4 rings (SSSR count). The summed E-state index contributed by atoms with van der Waals surface area (Å²) in [7, 11) is 1.65. The summed E-state index contributed by atoms with van der Waals surface area (Å²) in [5.41, 5.74) is 1.65. The summed E-state index contributed by atoms with van der Waals surface area (Å²) in [6.45, 7) is 1.34. The van der Waals surface area contributed by atoms with Crippen LogP contribution in [0.25, 0.3) is 10.2 Å². The number of hydrogen-bond acceptors (Lipinski definition) is 5. The second-order valence-corrected chi connectivity index (χ2v) is 7.38. The number of fused-ring (bicyclic) bond motifs is 1. The number of carbonyl (C=O) groups excluding carboxylic acids is 1. The van der Waals surface area contributed by atoms with Crippen LogP contribution in [-0.2, 0) is 4.79 Å². The summed E-state index contributed by atoms with van der Waals surface area (Å²) in [4.78, 5) is 19.1. The number of nitrogens with one attached hydrogen (secondary N) is 1. The Morgan fingerprint density at radius 1 is 1.32 bits per heavy atom. The zero-order valence-electron chi connectivity index (χ0n) is 13.5. The molecule has 1 N–H and O–H groups in total. The number of benzene rings is 2. The molecule has 0 saturated carbocycles. The summed E-state index contributed by atoms with van der Waals surface area (Å²) >= 11 is 7.57. The van der Waals surface area contributed by atoms with Gasteiger partial charge in [-0.1, -0.05) is 29.0 Å². The van der Waals surface area contributed by atoms with E-state index in [2.05, 4.69) is 15.2 Å². The average Bonchev–Trinajstić information content (AvgIpc) is 2.95. The number of carbonyl (C=O) groups is 1. The van der Waals surface area contributed by atoms with E-state index in [4.69, 9.17) is 16.3 Å². The Kier molecular flexibility index (Phi) is 4.23. The number of thiazole rings is 1. The Balaban J connectivity index is 1.40. The molecule has 0 aliphatic carbocycles. The Bertz CT molecular complexity index is 937. The highest BCUT2D eigenvalue weighted by Crippen LogP contribution is 2.34. The molecule has 5 nitrogen and oxygen atoms in total. The van der Waals surface area contributed by atoms with Crippen molar-refractivity contribution in [3.63, 3.8) is 0 Å². The maximum absolute atomic E-state index is 12.3. The second-order valence-electron chi connectivity index (χ2n) is 5.93. The van der Waals surface area contributed by atoms with Crippen molar-refractivity contribution >= 4 is 49.9 Å². The van der Waals surface area contributed by atoms with Gasteiger partial charge in [-0.25, -0.2) is 4.98 Å². The van der Waals surface area contributed by atoms with E-state index in [1.807, 2.05) is 30.3 Å². The molecule has 0 radical (unpaired) electrons.